The molecule has 0 N–H and O–H groups in total. The average Bonchev–Trinajstić information content (AvgIpc) is 2.18. The van der Waals surface area contributed by atoms with Crippen LogP contribution in [0.3, 0.4) is 0 Å². The molecule has 1 aliphatic rings. The van der Waals surface area contributed by atoms with Crippen molar-refractivity contribution in [3.63, 3.8) is 0 Å². The predicted molar refractivity (Wildman–Crippen MR) is 59.8 cm³/mol. The zero-order valence-corrected chi connectivity index (χ0v) is 9.03. The molecule has 0 bridgehead atoms. The summed E-state index contributed by atoms with van der Waals surface area (Å²) in [6.07, 6.45) is 1.13. The van der Waals surface area contributed by atoms with E-state index in [0.717, 1.165) is 6.42 Å². The van der Waals surface area contributed by atoms with Gasteiger partial charge in [0.05, 0.1) is 5.69 Å². The molecule has 70 valence electrons. The SMILES string of the molecule is CCc1ccc2c(c1)N(C)CCS2. The van der Waals surface area contributed by atoms with Crippen LogP contribution in [0.1, 0.15) is 12.5 Å². The lowest BCUT2D eigenvalue weighted by Gasteiger charge is -2.27. The van der Waals surface area contributed by atoms with Crippen LogP contribution < -0.4 is 4.90 Å². The van der Waals surface area contributed by atoms with Crippen molar-refractivity contribution in [1.29, 1.82) is 0 Å². The smallest absolute Gasteiger partial charge is 0.0504 e. The Morgan fingerprint density at radius 1 is 1.46 bits per heavy atom. The van der Waals surface area contributed by atoms with Gasteiger partial charge in [-0.3, -0.25) is 0 Å². The first-order valence-electron chi connectivity index (χ1n) is 4.78. The van der Waals surface area contributed by atoms with Gasteiger partial charge in [0.1, 0.15) is 0 Å². The van der Waals surface area contributed by atoms with Crippen molar-refractivity contribution < 1.29 is 0 Å². The molecule has 1 nitrogen and oxygen atoms in total. The van der Waals surface area contributed by atoms with E-state index >= 15 is 0 Å². The fourth-order valence-corrected chi connectivity index (χ4v) is 2.73. The minimum Gasteiger partial charge on any atom is -0.373 e. The molecule has 13 heavy (non-hydrogen) atoms. The second-order valence-electron chi connectivity index (χ2n) is 3.43. The van der Waals surface area contributed by atoms with Crippen molar-refractivity contribution in [2.75, 3.05) is 24.2 Å². The van der Waals surface area contributed by atoms with E-state index in [4.69, 9.17) is 0 Å². The summed E-state index contributed by atoms with van der Waals surface area (Å²) in [4.78, 5) is 3.79. The van der Waals surface area contributed by atoms with Crippen molar-refractivity contribution in [2.24, 2.45) is 0 Å². The monoisotopic (exact) mass is 193 g/mol. The van der Waals surface area contributed by atoms with E-state index in [9.17, 15) is 0 Å². The highest BCUT2D eigenvalue weighted by molar-refractivity contribution is 7.99. The van der Waals surface area contributed by atoms with Crippen LogP contribution in [0.2, 0.25) is 0 Å². The summed E-state index contributed by atoms with van der Waals surface area (Å²) in [7, 11) is 2.18. The van der Waals surface area contributed by atoms with E-state index in [1.807, 2.05) is 11.8 Å². The third-order valence-corrected chi connectivity index (χ3v) is 3.57. The van der Waals surface area contributed by atoms with E-state index in [-0.39, 0.29) is 0 Å². The van der Waals surface area contributed by atoms with E-state index in [1.54, 1.807) is 0 Å². The summed E-state index contributed by atoms with van der Waals surface area (Å²) in [6.45, 7) is 3.38. The summed E-state index contributed by atoms with van der Waals surface area (Å²) in [5.41, 5.74) is 2.85. The lowest BCUT2D eigenvalue weighted by molar-refractivity contribution is 0.938. The molecule has 0 fully saturated rings. The maximum atomic E-state index is 2.35. The molecule has 1 aromatic carbocycles. The Morgan fingerprint density at radius 2 is 2.31 bits per heavy atom. The van der Waals surface area contributed by atoms with Gasteiger partial charge in [-0.15, -0.1) is 11.8 Å². The molecule has 1 aromatic rings. The molecule has 0 saturated heterocycles. The van der Waals surface area contributed by atoms with E-state index in [1.165, 1.54) is 28.4 Å². The molecule has 2 heteroatoms. The van der Waals surface area contributed by atoms with Crippen LogP contribution in [-0.4, -0.2) is 19.3 Å². The lowest BCUT2D eigenvalue weighted by Crippen LogP contribution is -2.24. The molecular formula is C11H15NS. The van der Waals surface area contributed by atoms with Gasteiger partial charge < -0.3 is 4.90 Å². The van der Waals surface area contributed by atoms with Gasteiger partial charge in [0, 0.05) is 24.2 Å². The van der Waals surface area contributed by atoms with Gasteiger partial charge in [-0.25, -0.2) is 0 Å². The molecule has 2 rings (SSSR count). The van der Waals surface area contributed by atoms with E-state index in [2.05, 4.69) is 37.1 Å². The minimum atomic E-state index is 1.13. The molecule has 0 radical (unpaired) electrons. The standard InChI is InChI=1S/C11H15NS/c1-3-9-4-5-11-10(8-9)12(2)6-7-13-11/h4-5,8H,3,6-7H2,1-2H3. The van der Waals surface area contributed by atoms with Crippen molar-refractivity contribution >= 4 is 17.4 Å². The topological polar surface area (TPSA) is 3.24 Å². The summed E-state index contributed by atoms with van der Waals surface area (Å²) < 4.78 is 0. The molecule has 0 spiro atoms. The highest BCUT2D eigenvalue weighted by atomic mass is 32.2. The molecule has 1 aliphatic heterocycles. The maximum Gasteiger partial charge on any atom is 0.0504 e. The largest absolute Gasteiger partial charge is 0.373 e. The number of anilines is 1. The number of aryl methyl sites for hydroxylation is 1. The molecule has 0 amide bonds. The van der Waals surface area contributed by atoms with Gasteiger partial charge in [0.15, 0.2) is 0 Å². The lowest BCUT2D eigenvalue weighted by atomic mass is 10.1. The number of hydrogen-bond acceptors (Lipinski definition) is 2. The van der Waals surface area contributed by atoms with Crippen molar-refractivity contribution in [3.8, 4) is 0 Å². The van der Waals surface area contributed by atoms with Gasteiger partial charge in [-0.2, -0.15) is 0 Å². The van der Waals surface area contributed by atoms with Crippen molar-refractivity contribution in [2.45, 2.75) is 18.2 Å². The van der Waals surface area contributed by atoms with Gasteiger partial charge in [-0.05, 0) is 24.1 Å². The van der Waals surface area contributed by atoms with Gasteiger partial charge in [0.25, 0.3) is 0 Å². The third kappa shape index (κ3) is 1.68. The number of nitrogens with zero attached hydrogens (tertiary/aromatic N) is 1. The van der Waals surface area contributed by atoms with Crippen LogP contribution in [0.25, 0.3) is 0 Å². The number of hydrogen-bond donors (Lipinski definition) is 0. The number of rotatable bonds is 1. The van der Waals surface area contributed by atoms with Crippen LogP contribution in [0.4, 0.5) is 5.69 Å². The summed E-state index contributed by atoms with van der Waals surface area (Å²) >= 11 is 1.97. The summed E-state index contributed by atoms with van der Waals surface area (Å²) in [6, 6.07) is 6.82. The summed E-state index contributed by atoms with van der Waals surface area (Å²) in [5.74, 6) is 1.22. The first-order valence-corrected chi connectivity index (χ1v) is 5.76. The normalized spacial score (nSPS) is 15.7. The van der Waals surface area contributed by atoms with Gasteiger partial charge in [0.2, 0.25) is 0 Å². The molecule has 0 unspecified atom stereocenters. The number of fused-ring (bicyclic) bond motifs is 1. The molecular weight excluding hydrogens is 178 g/mol. The summed E-state index contributed by atoms with van der Waals surface area (Å²) in [5, 5.41) is 0. The van der Waals surface area contributed by atoms with Crippen LogP contribution in [0, 0.1) is 0 Å². The Hall–Kier alpha value is -0.630. The van der Waals surface area contributed by atoms with E-state index in [0.29, 0.717) is 0 Å². The first kappa shape index (κ1) is 8.95. The van der Waals surface area contributed by atoms with Gasteiger partial charge >= 0.3 is 0 Å². The Morgan fingerprint density at radius 3 is 3.08 bits per heavy atom. The fourth-order valence-electron chi connectivity index (χ4n) is 1.62. The van der Waals surface area contributed by atoms with Crippen molar-refractivity contribution in [1.82, 2.24) is 0 Å². The predicted octanol–water partition coefficient (Wildman–Crippen LogP) is 2.79. The highest BCUT2D eigenvalue weighted by Gasteiger charge is 2.13. The van der Waals surface area contributed by atoms with Crippen molar-refractivity contribution in [3.05, 3.63) is 23.8 Å². The molecule has 0 aliphatic carbocycles. The van der Waals surface area contributed by atoms with Crippen LogP contribution in [-0.2, 0) is 6.42 Å². The zero-order valence-electron chi connectivity index (χ0n) is 8.21. The molecule has 0 atom stereocenters. The minimum absolute atomic E-state index is 1.13. The third-order valence-electron chi connectivity index (χ3n) is 2.53. The second-order valence-corrected chi connectivity index (χ2v) is 4.56. The van der Waals surface area contributed by atoms with Crippen LogP contribution in [0.15, 0.2) is 23.1 Å². The molecule has 0 aromatic heterocycles. The Bertz CT molecular complexity index is 309. The maximum absolute atomic E-state index is 2.35. The Balaban J connectivity index is 2.41. The molecule has 0 saturated carbocycles. The average molecular weight is 193 g/mol. The van der Waals surface area contributed by atoms with Crippen LogP contribution in [0.5, 0.6) is 0 Å². The number of benzene rings is 1. The zero-order chi connectivity index (χ0) is 9.26. The first-order chi connectivity index (χ1) is 6.31. The Labute approximate surface area is 84.1 Å². The van der Waals surface area contributed by atoms with E-state index < -0.39 is 0 Å². The van der Waals surface area contributed by atoms with Gasteiger partial charge in [-0.1, -0.05) is 13.0 Å². The highest BCUT2D eigenvalue weighted by Crippen LogP contribution is 2.34. The Kier molecular flexibility index (Phi) is 2.49. The quantitative estimate of drug-likeness (QED) is 0.674. The fraction of sp³-hybridized carbons (Fsp3) is 0.455. The molecule has 1 heterocycles. The second kappa shape index (κ2) is 3.62. The van der Waals surface area contributed by atoms with Crippen LogP contribution >= 0.6 is 11.8 Å². The number of thioether (sulfide) groups is 1.